The lowest BCUT2D eigenvalue weighted by Crippen LogP contribution is -3.00. The van der Waals surface area contributed by atoms with Crippen molar-refractivity contribution < 1.29 is 42.9 Å². The van der Waals surface area contributed by atoms with Gasteiger partial charge in [-0.1, -0.05) is 65.2 Å². The molecule has 0 spiro atoms. The van der Waals surface area contributed by atoms with Crippen LogP contribution in [-0.2, 0) is 0 Å². The Morgan fingerprint density at radius 3 is 0.846 bits per heavy atom. The van der Waals surface area contributed by atoms with Gasteiger partial charge in [-0.05, 0) is 25.7 Å². The van der Waals surface area contributed by atoms with Gasteiger partial charge in [-0.15, -0.1) is 0 Å². The standard InChI is InChI=1S/2C11H26N.2BrH/c2*1-5-6-7-8-9-10-11-12(2,3)4;;/h2*5-11H2,1-4H3;2*1H/q2*+1;;/p-2. The van der Waals surface area contributed by atoms with Crippen LogP contribution in [0.25, 0.3) is 0 Å². The van der Waals surface area contributed by atoms with Gasteiger partial charge in [0, 0.05) is 0 Å². The second-order valence-electron chi connectivity index (χ2n) is 9.56. The number of hydrogen-bond acceptors (Lipinski definition) is 0. The topological polar surface area (TPSA) is 0 Å². The molecule has 0 heterocycles. The molecule has 0 amide bonds. The van der Waals surface area contributed by atoms with Gasteiger partial charge in [0.05, 0.1) is 55.4 Å². The summed E-state index contributed by atoms with van der Waals surface area (Å²) in [5, 5.41) is 0. The maximum atomic E-state index is 2.27. The van der Waals surface area contributed by atoms with E-state index in [2.05, 4.69) is 56.1 Å². The van der Waals surface area contributed by atoms with E-state index in [0.29, 0.717) is 0 Å². The van der Waals surface area contributed by atoms with E-state index in [-0.39, 0.29) is 34.0 Å². The van der Waals surface area contributed by atoms with Crippen molar-refractivity contribution in [2.45, 2.75) is 90.9 Å². The summed E-state index contributed by atoms with van der Waals surface area (Å²) in [7, 11) is 13.6. The molecule has 0 saturated carbocycles. The Balaban J connectivity index is -0.000000173. The van der Waals surface area contributed by atoms with E-state index < -0.39 is 0 Å². The second-order valence-corrected chi connectivity index (χ2v) is 9.56. The number of unbranched alkanes of at least 4 members (excludes halogenated alkanes) is 10. The van der Waals surface area contributed by atoms with Crippen molar-refractivity contribution >= 4 is 0 Å². The van der Waals surface area contributed by atoms with Gasteiger partial charge in [-0.2, -0.15) is 0 Å². The number of rotatable bonds is 14. The minimum Gasteiger partial charge on any atom is -1.00 e. The van der Waals surface area contributed by atoms with Crippen molar-refractivity contribution in [1.29, 1.82) is 0 Å². The van der Waals surface area contributed by atoms with Crippen LogP contribution in [0.4, 0.5) is 0 Å². The maximum Gasteiger partial charge on any atom is 0.0780 e. The molecule has 0 atom stereocenters. The smallest absolute Gasteiger partial charge is 0.0780 e. The van der Waals surface area contributed by atoms with Crippen LogP contribution in [0, 0.1) is 0 Å². The van der Waals surface area contributed by atoms with Gasteiger partial charge in [0.2, 0.25) is 0 Å². The summed E-state index contributed by atoms with van der Waals surface area (Å²) >= 11 is 0. The lowest BCUT2D eigenvalue weighted by molar-refractivity contribution is -0.870. The third-order valence-electron chi connectivity index (χ3n) is 4.36. The molecule has 0 N–H and O–H groups in total. The van der Waals surface area contributed by atoms with Crippen LogP contribution in [0.15, 0.2) is 0 Å². The summed E-state index contributed by atoms with van der Waals surface area (Å²) < 4.78 is 2.24. The molecule has 0 bridgehead atoms. The molecule has 0 aliphatic heterocycles. The van der Waals surface area contributed by atoms with E-state index in [4.69, 9.17) is 0 Å². The summed E-state index contributed by atoms with van der Waals surface area (Å²) in [5.41, 5.74) is 0. The Labute approximate surface area is 188 Å². The molecule has 0 aromatic carbocycles. The largest absolute Gasteiger partial charge is 1.00 e. The van der Waals surface area contributed by atoms with Crippen molar-refractivity contribution in [2.75, 3.05) is 55.4 Å². The quantitative estimate of drug-likeness (QED) is 0.233. The lowest BCUT2D eigenvalue weighted by atomic mass is 10.1. The van der Waals surface area contributed by atoms with E-state index >= 15 is 0 Å². The van der Waals surface area contributed by atoms with Gasteiger partial charge < -0.3 is 42.9 Å². The second kappa shape index (κ2) is 22.2. The van der Waals surface area contributed by atoms with Crippen molar-refractivity contribution in [3.05, 3.63) is 0 Å². The molecule has 0 aromatic rings. The van der Waals surface area contributed by atoms with Gasteiger partial charge in [0.15, 0.2) is 0 Å². The van der Waals surface area contributed by atoms with E-state index in [0.717, 1.165) is 8.97 Å². The summed E-state index contributed by atoms with van der Waals surface area (Å²) in [6.45, 7) is 7.19. The SMILES string of the molecule is CCCCCCCC[N+](C)(C)C.CCCCCCCC[N+](C)(C)C.[Br-].[Br-]. The van der Waals surface area contributed by atoms with Gasteiger partial charge in [0.1, 0.15) is 0 Å². The summed E-state index contributed by atoms with van der Waals surface area (Å²) in [6.07, 6.45) is 17.0. The Kier molecular flexibility index (Phi) is 29.3. The fourth-order valence-corrected chi connectivity index (χ4v) is 2.73. The summed E-state index contributed by atoms with van der Waals surface area (Å²) in [4.78, 5) is 0. The third kappa shape index (κ3) is 39.8. The highest BCUT2D eigenvalue weighted by Gasteiger charge is 2.05. The van der Waals surface area contributed by atoms with E-state index in [1.165, 1.54) is 90.1 Å². The average Bonchev–Trinajstić information content (AvgIpc) is 2.45. The molecule has 26 heavy (non-hydrogen) atoms. The Morgan fingerprint density at radius 2 is 0.615 bits per heavy atom. The highest BCUT2D eigenvalue weighted by molar-refractivity contribution is 4.43. The van der Waals surface area contributed by atoms with Crippen LogP contribution in [-0.4, -0.2) is 64.3 Å². The predicted octanol–water partition coefficient (Wildman–Crippen LogP) is 0.114. The Bertz CT molecular complexity index is 220. The highest BCUT2D eigenvalue weighted by atomic mass is 79.9. The van der Waals surface area contributed by atoms with Gasteiger partial charge in [-0.25, -0.2) is 0 Å². The zero-order chi connectivity index (χ0) is 18.9. The molecule has 0 aliphatic rings. The minimum atomic E-state index is 0. The molecule has 0 aliphatic carbocycles. The molecule has 0 radical (unpaired) electrons. The van der Waals surface area contributed by atoms with Gasteiger partial charge in [0.25, 0.3) is 0 Å². The first-order valence-corrected chi connectivity index (χ1v) is 10.7. The van der Waals surface area contributed by atoms with Crippen molar-refractivity contribution in [1.82, 2.24) is 0 Å². The molecular weight excluding hydrogens is 452 g/mol. The first-order valence-electron chi connectivity index (χ1n) is 10.7. The average molecular weight is 504 g/mol. The van der Waals surface area contributed by atoms with Crippen molar-refractivity contribution in [3.8, 4) is 0 Å². The normalized spacial score (nSPS) is 11.1. The summed E-state index contributed by atoms with van der Waals surface area (Å²) in [6, 6.07) is 0. The number of nitrogens with zero attached hydrogens (tertiary/aromatic N) is 2. The molecular formula is C22H52Br2N2. The monoisotopic (exact) mass is 502 g/mol. The van der Waals surface area contributed by atoms with Crippen molar-refractivity contribution in [2.24, 2.45) is 0 Å². The first-order chi connectivity index (χ1) is 11.1. The molecule has 164 valence electrons. The van der Waals surface area contributed by atoms with Crippen LogP contribution in [0.5, 0.6) is 0 Å². The minimum absolute atomic E-state index is 0. The van der Waals surface area contributed by atoms with Crippen LogP contribution in [0.3, 0.4) is 0 Å². The van der Waals surface area contributed by atoms with Crippen LogP contribution in [0.1, 0.15) is 90.9 Å². The fourth-order valence-electron chi connectivity index (χ4n) is 2.73. The first kappa shape index (κ1) is 34.4. The van der Waals surface area contributed by atoms with E-state index in [9.17, 15) is 0 Å². The van der Waals surface area contributed by atoms with Gasteiger partial charge in [-0.3, -0.25) is 0 Å². The molecule has 0 rings (SSSR count). The molecule has 0 fully saturated rings. The lowest BCUT2D eigenvalue weighted by Gasteiger charge is -2.23. The number of quaternary nitrogens is 2. The molecule has 4 heteroatoms. The van der Waals surface area contributed by atoms with Crippen molar-refractivity contribution in [3.63, 3.8) is 0 Å². The van der Waals surface area contributed by atoms with Crippen LogP contribution < -0.4 is 34.0 Å². The summed E-state index contributed by atoms with van der Waals surface area (Å²) in [5.74, 6) is 0. The van der Waals surface area contributed by atoms with Crippen LogP contribution >= 0.6 is 0 Å². The van der Waals surface area contributed by atoms with E-state index in [1.807, 2.05) is 0 Å². The Morgan fingerprint density at radius 1 is 0.385 bits per heavy atom. The zero-order valence-corrected chi connectivity index (χ0v) is 22.7. The number of hydrogen-bond donors (Lipinski definition) is 0. The fraction of sp³-hybridized carbons (Fsp3) is 1.00. The van der Waals surface area contributed by atoms with Crippen LogP contribution in [0.2, 0.25) is 0 Å². The third-order valence-corrected chi connectivity index (χ3v) is 4.36. The van der Waals surface area contributed by atoms with E-state index in [1.54, 1.807) is 0 Å². The molecule has 0 saturated heterocycles. The molecule has 0 aromatic heterocycles. The highest BCUT2D eigenvalue weighted by Crippen LogP contribution is 2.07. The molecule has 2 nitrogen and oxygen atoms in total. The predicted molar refractivity (Wildman–Crippen MR) is 113 cm³/mol. The maximum absolute atomic E-state index is 2.27. The zero-order valence-electron chi connectivity index (χ0n) is 19.5. The van der Waals surface area contributed by atoms with Gasteiger partial charge >= 0.3 is 0 Å². The molecule has 0 unspecified atom stereocenters. The number of halogens is 2. The Hall–Kier alpha value is 0.880.